The molecule has 1 aromatic carbocycles. The van der Waals surface area contributed by atoms with Crippen LogP contribution in [0.5, 0.6) is 0 Å². The summed E-state index contributed by atoms with van der Waals surface area (Å²) in [7, 11) is 0. The minimum Gasteiger partial charge on any atom is -0.466 e. The predicted molar refractivity (Wildman–Crippen MR) is 122 cm³/mol. The molecule has 1 aliphatic heterocycles. The van der Waals surface area contributed by atoms with Gasteiger partial charge < -0.3 is 10.1 Å². The monoisotopic (exact) mass is 508 g/mol. The topological polar surface area (TPSA) is 67.9 Å². The lowest BCUT2D eigenvalue weighted by atomic mass is 9.89. The number of nitrogens with zero attached hydrogens (tertiary/aromatic N) is 3. The number of aliphatic imine (C=N–C) groups is 1. The van der Waals surface area contributed by atoms with Crippen molar-refractivity contribution in [3.63, 3.8) is 0 Å². The van der Waals surface area contributed by atoms with Crippen LogP contribution >= 0.6 is 22.9 Å². The van der Waals surface area contributed by atoms with Crippen LogP contribution in [0.3, 0.4) is 0 Å². The van der Waals surface area contributed by atoms with Crippen LogP contribution in [0.15, 0.2) is 46.2 Å². The fourth-order valence-corrected chi connectivity index (χ4v) is 5.23. The first-order valence-electron chi connectivity index (χ1n) is 10.6. The van der Waals surface area contributed by atoms with E-state index < -0.39 is 48.4 Å². The molecule has 1 saturated carbocycles. The number of benzene rings is 1. The summed E-state index contributed by atoms with van der Waals surface area (Å²) in [4.78, 5) is 24.9. The van der Waals surface area contributed by atoms with Gasteiger partial charge in [0.15, 0.2) is 10.8 Å². The van der Waals surface area contributed by atoms with Crippen molar-refractivity contribution in [3.05, 3.63) is 74.0 Å². The number of hydrogen-bond donors (Lipinski definition) is 1. The van der Waals surface area contributed by atoms with E-state index in [-0.39, 0.29) is 23.7 Å². The number of carbonyl (C=O) groups is 1. The molecule has 0 amide bonds. The number of thiazole rings is 1. The molecule has 2 aliphatic rings. The third-order valence-corrected chi connectivity index (χ3v) is 6.92. The van der Waals surface area contributed by atoms with E-state index in [4.69, 9.17) is 22.9 Å². The van der Waals surface area contributed by atoms with Crippen LogP contribution in [-0.2, 0) is 9.53 Å². The van der Waals surface area contributed by atoms with E-state index in [0.717, 1.165) is 6.07 Å². The normalized spacial score (nSPS) is 23.8. The van der Waals surface area contributed by atoms with Gasteiger partial charge >= 0.3 is 5.97 Å². The Bertz CT molecular complexity index is 1190. The molecule has 34 heavy (non-hydrogen) atoms. The number of ether oxygens (including phenoxy) is 1. The highest BCUT2D eigenvalue weighted by Crippen LogP contribution is 2.47. The Morgan fingerprint density at radius 3 is 2.85 bits per heavy atom. The van der Waals surface area contributed by atoms with E-state index in [1.165, 1.54) is 23.5 Å². The third-order valence-electron chi connectivity index (χ3n) is 5.81. The zero-order valence-corrected chi connectivity index (χ0v) is 19.6. The Balaban J connectivity index is 1.75. The maximum Gasteiger partial charge on any atom is 0.309 e. The Labute approximate surface area is 203 Å². The summed E-state index contributed by atoms with van der Waals surface area (Å²) in [6.07, 6.45) is 0.499. The Hall–Kier alpha value is -2.90. The van der Waals surface area contributed by atoms with E-state index >= 15 is 0 Å². The van der Waals surface area contributed by atoms with Gasteiger partial charge in [-0.15, -0.1) is 11.3 Å². The van der Waals surface area contributed by atoms with E-state index in [2.05, 4.69) is 20.1 Å². The standard InChI is InChI=1S/C23H20ClF3N4O2S/c1-3-33-22(32)15-11-23(26,27)10-12(15)8-17-19(28-2)18(14-5-4-13(25)9-16(14)24)31-20(30-17)21-29-6-7-34-21/h4-7,9,12,15,18H,3,8,10-11H2,1H3,(H,30,31)/t12?,15-,18?/m1/s1. The van der Waals surface area contributed by atoms with Gasteiger partial charge in [-0.05, 0) is 37.0 Å². The second-order valence-electron chi connectivity index (χ2n) is 8.07. The lowest BCUT2D eigenvalue weighted by Gasteiger charge is -2.27. The smallest absolute Gasteiger partial charge is 0.309 e. The van der Waals surface area contributed by atoms with Gasteiger partial charge in [0.2, 0.25) is 11.6 Å². The van der Waals surface area contributed by atoms with Crippen molar-refractivity contribution in [1.29, 1.82) is 0 Å². The van der Waals surface area contributed by atoms with Gasteiger partial charge in [0, 0.05) is 35.1 Å². The van der Waals surface area contributed by atoms with Gasteiger partial charge in [-0.3, -0.25) is 9.79 Å². The van der Waals surface area contributed by atoms with Gasteiger partial charge in [-0.2, -0.15) is 0 Å². The summed E-state index contributed by atoms with van der Waals surface area (Å²) in [5.41, 5.74) is 0.907. The molecule has 1 N–H and O–H groups in total. The number of hydrogen-bond acceptors (Lipinski definition) is 6. The highest BCUT2D eigenvalue weighted by Gasteiger charge is 2.50. The van der Waals surface area contributed by atoms with Crippen LogP contribution in [-0.4, -0.2) is 29.3 Å². The molecular weight excluding hydrogens is 489 g/mol. The maximum atomic E-state index is 14.3. The zero-order valence-electron chi connectivity index (χ0n) is 18.0. The molecule has 2 unspecified atom stereocenters. The molecule has 0 spiro atoms. The first-order valence-corrected chi connectivity index (χ1v) is 11.8. The molecule has 4 rings (SSSR count). The SMILES string of the molecule is [C-]#[N+]C1=C(CC2CC(F)(F)C[C@H]2C(=O)OCC)NC(c2nccs2)=NC1c1ccc(F)cc1Cl. The molecule has 0 saturated heterocycles. The second kappa shape index (κ2) is 9.76. The second-order valence-corrected chi connectivity index (χ2v) is 9.37. The zero-order chi connectivity index (χ0) is 24.5. The van der Waals surface area contributed by atoms with Crippen LogP contribution in [0.4, 0.5) is 13.2 Å². The molecule has 2 heterocycles. The first-order chi connectivity index (χ1) is 16.2. The minimum atomic E-state index is -3.01. The number of aromatic nitrogens is 1. The number of alkyl halides is 2. The highest BCUT2D eigenvalue weighted by atomic mass is 35.5. The third kappa shape index (κ3) is 4.95. The van der Waals surface area contributed by atoms with Crippen molar-refractivity contribution in [2.24, 2.45) is 16.8 Å². The lowest BCUT2D eigenvalue weighted by molar-refractivity contribution is -0.150. The van der Waals surface area contributed by atoms with Gasteiger partial charge in [0.25, 0.3) is 0 Å². The molecule has 1 fully saturated rings. The molecule has 0 bridgehead atoms. The quantitative estimate of drug-likeness (QED) is 0.397. The van der Waals surface area contributed by atoms with Crippen molar-refractivity contribution in [2.45, 2.75) is 38.2 Å². The van der Waals surface area contributed by atoms with E-state index in [0.29, 0.717) is 22.1 Å². The summed E-state index contributed by atoms with van der Waals surface area (Å²) in [6.45, 7) is 9.51. The van der Waals surface area contributed by atoms with E-state index in [1.54, 1.807) is 18.5 Å². The summed E-state index contributed by atoms with van der Waals surface area (Å²) in [6, 6.07) is 2.92. The number of allylic oxidation sites excluding steroid dienone is 1. The van der Waals surface area contributed by atoms with Crippen molar-refractivity contribution < 1.29 is 22.7 Å². The lowest BCUT2D eigenvalue weighted by Crippen LogP contribution is -2.33. The number of amidine groups is 1. The number of rotatable bonds is 6. The predicted octanol–water partition coefficient (Wildman–Crippen LogP) is 5.77. The van der Waals surface area contributed by atoms with Crippen molar-refractivity contribution in [2.75, 3.05) is 6.61 Å². The fourth-order valence-electron chi connectivity index (χ4n) is 4.37. The number of halogens is 4. The van der Waals surface area contributed by atoms with Gasteiger partial charge in [0.05, 0.1) is 19.1 Å². The molecular formula is C23H20ClF3N4O2S. The molecule has 2 aromatic rings. The van der Waals surface area contributed by atoms with Crippen LogP contribution in [0.1, 0.15) is 42.8 Å². The number of nitrogens with one attached hydrogen (secondary N) is 1. The maximum absolute atomic E-state index is 14.3. The molecule has 3 atom stereocenters. The highest BCUT2D eigenvalue weighted by molar-refractivity contribution is 7.11. The van der Waals surface area contributed by atoms with Gasteiger partial charge in [-0.1, -0.05) is 17.7 Å². The van der Waals surface area contributed by atoms with Crippen LogP contribution in [0, 0.1) is 24.2 Å². The van der Waals surface area contributed by atoms with Gasteiger partial charge in [0.1, 0.15) is 11.9 Å². The van der Waals surface area contributed by atoms with E-state index in [9.17, 15) is 18.0 Å². The Morgan fingerprint density at radius 1 is 1.41 bits per heavy atom. The number of carbonyl (C=O) groups excluding carboxylic acids is 1. The first kappa shape index (κ1) is 24.2. The van der Waals surface area contributed by atoms with Crippen molar-refractivity contribution in [1.82, 2.24) is 10.3 Å². The Kier molecular flexibility index (Phi) is 6.96. The van der Waals surface area contributed by atoms with Crippen LogP contribution in [0.2, 0.25) is 5.02 Å². The van der Waals surface area contributed by atoms with Crippen molar-refractivity contribution in [3.8, 4) is 0 Å². The van der Waals surface area contributed by atoms with Crippen LogP contribution in [0.25, 0.3) is 4.85 Å². The molecule has 178 valence electrons. The molecule has 1 aromatic heterocycles. The molecule has 6 nitrogen and oxygen atoms in total. The van der Waals surface area contributed by atoms with Crippen molar-refractivity contribution >= 4 is 34.7 Å². The van der Waals surface area contributed by atoms with E-state index in [1.807, 2.05) is 0 Å². The largest absolute Gasteiger partial charge is 0.466 e. The van der Waals surface area contributed by atoms with Crippen LogP contribution < -0.4 is 5.32 Å². The summed E-state index contributed by atoms with van der Waals surface area (Å²) in [5, 5.41) is 5.45. The molecule has 0 radical (unpaired) electrons. The minimum absolute atomic E-state index is 0.0104. The Morgan fingerprint density at radius 2 is 2.21 bits per heavy atom. The van der Waals surface area contributed by atoms with Gasteiger partial charge in [-0.25, -0.2) is 23.0 Å². The molecule has 11 heteroatoms. The average molecular weight is 509 g/mol. The number of esters is 1. The summed E-state index contributed by atoms with van der Waals surface area (Å²) < 4.78 is 47.3. The average Bonchev–Trinajstić information content (AvgIpc) is 3.41. The fraction of sp³-hybridized carbons (Fsp3) is 0.391. The summed E-state index contributed by atoms with van der Waals surface area (Å²) >= 11 is 7.59. The summed E-state index contributed by atoms with van der Waals surface area (Å²) in [5.74, 6) is -5.61. The molecule has 1 aliphatic carbocycles.